The zero-order valence-electron chi connectivity index (χ0n) is 45.3. The van der Waals surface area contributed by atoms with Gasteiger partial charge in [-0.1, -0.05) is 83.1 Å². The van der Waals surface area contributed by atoms with Crippen LogP contribution in [0.4, 0.5) is 0 Å². The van der Waals surface area contributed by atoms with Gasteiger partial charge in [0.1, 0.15) is 0 Å². The summed E-state index contributed by atoms with van der Waals surface area (Å²) in [5, 5.41) is 16.4. The summed E-state index contributed by atoms with van der Waals surface area (Å²) in [4.78, 5) is 0. The molecule has 0 aliphatic carbocycles. The Balaban J connectivity index is 1.81. The minimum Gasteiger partial charge on any atom is -0.326 e. The zero-order valence-corrected chi connectivity index (χ0v) is 45.3. The van der Waals surface area contributed by atoms with Gasteiger partial charge in [-0.2, -0.15) is 0 Å². The molecule has 0 aromatic heterocycles. The van der Waals surface area contributed by atoms with Crippen LogP contribution in [0.25, 0.3) is 0 Å². The quantitative estimate of drug-likeness (QED) is 0.0554. The van der Waals surface area contributed by atoms with Crippen molar-refractivity contribution in [2.45, 2.75) is 239 Å². The molecule has 376 valence electrons. The third-order valence-electron chi connectivity index (χ3n) is 16.2. The molecule has 8 heteroatoms. The molecule has 0 fully saturated rings. The second-order valence-electron chi connectivity index (χ2n) is 19.0. The Hall–Kier alpha value is -3.44. The highest BCUT2D eigenvalue weighted by Crippen LogP contribution is 2.36. The van der Waals surface area contributed by atoms with Crippen LogP contribution >= 0.6 is 0 Å². The van der Waals surface area contributed by atoms with Gasteiger partial charge in [0.15, 0.2) is 0 Å². The van der Waals surface area contributed by atoms with E-state index >= 15 is 0 Å². The van der Waals surface area contributed by atoms with Crippen molar-refractivity contribution in [1.82, 2.24) is 21.3 Å². The van der Waals surface area contributed by atoms with Gasteiger partial charge in [0.05, 0.1) is 0 Å². The highest BCUT2D eigenvalue weighted by molar-refractivity contribution is 5.57. The minimum atomic E-state index is 0.552. The summed E-state index contributed by atoms with van der Waals surface area (Å²) in [6, 6.07) is 0. The highest BCUT2D eigenvalue weighted by atomic mass is 14.9. The van der Waals surface area contributed by atoms with Crippen molar-refractivity contribution in [3.05, 3.63) is 134 Å². The molecule has 1 aliphatic heterocycles. The number of fused-ring (bicyclic) bond motifs is 8. The highest BCUT2D eigenvalue weighted by Gasteiger charge is 2.27. The van der Waals surface area contributed by atoms with Gasteiger partial charge in [0, 0.05) is 78.5 Å². The maximum absolute atomic E-state index is 6.77. The maximum atomic E-state index is 6.77. The fraction of sp³-hybridized carbons (Fsp3) is 0.600. The summed E-state index contributed by atoms with van der Waals surface area (Å²) in [6.07, 6.45) is 11.6. The zero-order chi connectivity index (χ0) is 49.7. The van der Waals surface area contributed by atoms with Crippen molar-refractivity contribution in [3.63, 3.8) is 0 Å². The number of rotatable bonds is 16. The van der Waals surface area contributed by atoms with E-state index in [9.17, 15) is 0 Å². The summed E-state index contributed by atoms with van der Waals surface area (Å²) < 4.78 is 0. The van der Waals surface area contributed by atoms with Gasteiger partial charge in [-0.3, -0.25) is 0 Å². The Morgan fingerprint density at radius 3 is 0.412 bits per heavy atom. The Morgan fingerprint density at radius 1 is 0.206 bits per heavy atom. The van der Waals surface area contributed by atoms with E-state index in [1.807, 2.05) is 0 Å². The van der Waals surface area contributed by atoms with Gasteiger partial charge in [-0.15, -0.1) is 0 Å². The lowest BCUT2D eigenvalue weighted by Crippen LogP contribution is -2.27. The fourth-order valence-electron chi connectivity index (χ4n) is 13.4. The number of hydrogen-bond donors (Lipinski definition) is 8. The van der Waals surface area contributed by atoms with Crippen LogP contribution in [-0.4, -0.2) is 0 Å². The Kier molecular flexibility index (Phi) is 21.8. The number of benzene rings is 4. The maximum Gasteiger partial charge on any atom is 0.0214 e. The molecule has 4 aromatic rings. The third-order valence-corrected chi connectivity index (χ3v) is 16.2. The normalized spacial score (nSPS) is 14.1. The van der Waals surface area contributed by atoms with Gasteiger partial charge in [-0.25, -0.2) is 0 Å². The monoisotopic (exact) mass is 929 g/mol. The summed E-state index contributed by atoms with van der Waals surface area (Å²) in [5.74, 6) is 0. The summed E-state index contributed by atoms with van der Waals surface area (Å²) in [7, 11) is 0. The summed E-state index contributed by atoms with van der Waals surface area (Å²) in [5.41, 5.74) is 61.4. The Bertz CT molecular complexity index is 1880. The molecule has 0 atom stereocenters. The average Bonchev–Trinajstić information content (AvgIpc) is 3.36. The number of nitrogens with one attached hydrogen (secondary N) is 4. The first-order chi connectivity index (χ1) is 33.1. The average molecular weight is 929 g/mol. The van der Waals surface area contributed by atoms with Crippen LogP contribution in [0.2, 0.25) is 0 Å². The van der Waals surface area contributed by atoms with E-state index in [-0.39, 0.29) is 0 Å². The molecule has 8 nitrogen and oxygen atoms in total. The van der Waals surface area contributed by atoms with Crippen molar-refractivity contribution >= 4 is 0 Å². The first-order valence-electron chi connectivity index (χ1n) is 27.4. The van der Waals surface area contributed by atoms with E-state index < -0.39 is 0 Å². The minimum absolute atomic E-state index is 0.552. The van der Waals surface area contributed by atoms with Crippen molar-refractivity contribution in [2.75, 3.05) is 0 Å². The molecule has 0 unspecified atom stereocenters. The Labute approximate surface area is 414 Å². The second kappa shape index (κ2) is 26.7. The van der Waals surface area contributed by atoms with Crippen LogP contribution in [-0.2, 0) is 156 Å². The molecule has 1 aliphatic rings. The van der Waals surface area contributed by atoms with Crippen molar-refractivity contribution in [2.24, 2.45) is 22.9 Å². The fourth-order valence-corrected chi connectivity index (χ4v) is 13.4. The van der Waals surface area contributed by atoms with Crippen LogP contribution in [0.15, 0.2) is 0 Å². The van der Waals surface area contributed by atoms with Crippen LogP contribution < -0.4 is 44.2 Å². The SMILES string of the molecule is CCc1c(CN)c(CC)c2c(CC)c1CNCc1c(CC)c(CN)c(CC)c(c1CC)CNCc1c(CC)c(CN)c(CC)c(c1CC)CNCc1c(CC)c(CN)c(CC)c(c1CC)CNC2. The molecule has 1 heterocycles. The lowest BCUT2D eigenvalue weighted by Gasteiger charge is -2.29. The van der Waals surface area contributed by atoms with E-state index in [4.69, 9.17) is 22.9 Å². The van der Waals surface area contributed by atoms with Crippen LogP contribution in [0.1, 0.15) is 217 Å². The molecule has 0 amide bonds. The molecule has 8 bridgehead atoms. The first-order valence-corrected chi connectivity index (χ1v) is 27.4. The summed E-state index contributed by atoms with van der Waals surface area (Å²) >= 11 is 0. The van der Waals surface area contributed by atoms with Gasteiger partial charge in [0.25, 0.3) is 0 Å². The molecule has 0 radical (unpaired) electrons. The van der Waals surface area contributed by atoms with Gasteiger partial charge in [-0.05, 0) is 211 Å². The lowest BCUT2D eigenvalue weighted by molar-refractivity contribution is 0.634. The predicted molar refractivity (Wildman–Crippen MR) is 292 cm³/mol. The molecule has 12 N–H and O–H groups in total. The van der Waals surface area contributed by atoms with Crippen LogP contribution in [0.3, 0.4) is 0 Å². The Morgan fingerprint density at radius 2 is 0.324 bits per heavy atom. The largest absolute Gasteiger partial charge is 0.326 e. The van der Waals surface area contributed by atoms with E-state index in [0.29, 0.717) is 26.2 Å². The van der Waals surface area contributed by atoms with E-state index in [2.05, 4.69) is 104 Å². The van der Waals surface area contributed by atoms with E-state index in [0.717, 1.165) is 129 Å². The second-order valence-corrected chi connectivity index (χ2v) is 19.0. The summed E-state index contributed by atoms with van der Waals surface area (Å²) in [6.45, 7) is 36.6. The topological polar surface area (TPSA) is 152 Å². The van der Waals surface area contributed by atoms with Crippen molar-refractivity contribution in [3.8, 4) is 0 Å². The third kappa shape index (κ3) is 10.7. The van der Waals surface area contributed by atoms with Gasteiger partial charge in [0.2, 0.25) is 0 Å². The predicted octanol–water partition coefficient (Wildman–Crippen LogP) is 9.74. The lowest BCUT2D eigenvalue weighted by atomic mass is 9.81. The van der Waals surface area contributed by atoms with Gasteiger partial charge >= 0.3 is 0 Å². The standard InChI is InChI=1S/C60H96N8/c1-13-37-49(25-61)38(14-2)54-30-66-32-56-41(17-5)51(27-63)42(18-6)58(47(56)23-11)34-68-36-60-44(20-8)52(28-64)43(19-7)59(48(60)24-12)35-67-33-57-40(16-4)50(26-62)39(15-3)55(46(57)22-10)31-65-29-53(37)45(54)21-9/h65-68H,13-36,61-64H2,1-12H3. The molecular formula is C60H96N8. The molecule has 4 aromatic carbocycles. The van der Waals surface area contributed by atoms with Crippen molar-refractivity contribution < 1.29 is 0 Å². The number of hydrogen-bond acceptors (Lipinski definition) is 8. The number of nitrogens with two attached hydrogens (primary N) is 4. The smallest absolute Gasteiger partial charge is 0.0214 e. The van der Waals surface area contributed by atoms with E-state index in [1.54, 1.807) is 0 Å². The van der Waals surface area contributed by atoms with Crippen molar-refractivity contribution in [1.29, 1.82) is 0 Å². The molecule has 0 saturated heterocycles. The van der Waals surface area contributed by atoms with Gasteiger partial charge < -0.3 is 44.2 Å². The molecular weight excluding hydrogens is 833 g/mol. The first kappa shape index (κ1) is 55.5. The van der Waals surface area contributed by atoms with Crippen LogP contribution in [0, 0.1) is 0 Å². The van der Waals surface area contributed by atoms with Crippen LogP contribution in [0.5, 0.6) is 0 Å². The molecule has 68 heavy (non-hydrogen) atoms. The molecule has 0 saturated carbocycles. The molecule has 5 rings (SSSR count). The van der Waals surface area contributed by atoms with E-state index in [1.165, 1.54) is 134 Å². The molecule has 0 spiro atoms.